The van der Waals surface area contributed by atoms with Gasteiger partial charge in [-0.05, 0) is 66.3 Å². The normalized spacial score (nSPS) is 11.8. The summed E-state index contributed by atoms with van der Waals surface area (Å²) in [5.74, 6) is 2.81. The van der Waals surface area contributed by atoms with Gasteiger partial charge in [0.1, 0.15) is 11.5 Å². The number of thiocarbonyl (C=S) groups is 1. The number of benzene rings is 3. The molecule has 2 heterocycles. The Hall–Kier alpha value is -4.24. The van der Waals surface area contributed by atoms with Crippen LogP contribution in [0.25, 0.3) is 10.9 Å². The molecule has 0 saturated heterocycles. The van der Waals surface area contributed by atoms with Gasteiger partial charge in [0.2, 0.25) is 6.79 Å². The molecule has 0 saturated carbocycles. The van der Waals surface area contributed by atoms with Crippen molar-refractivity contribution in [1.82, 2.24) is 9.88 Å². The van der Waals surface area contributed by atoms with Crippen LogP contribution in [0.2, 0.25) is 0 Å². The largest absolute Gasteiger partial charge is 0.497 e. The van der Waals surface area contributed by atoms with Gasteiger partial charge in [-0.25, -0.2) is 0 Å². The lowest BCUT2D eigenvalue weighted by atomic mass is 10.1. The quantitative estimate of drug-likeness (QED) is 0.352. The van der Waals surface area contributed by atoms with Gasteiger partial charge in [-0.3, -0.25) is 4.79 Å². The smallest absolute Gasteiger partial charge is 0.253 e. The lowest BCUT2D eigenvalue weighted by molar-refractivity contribution is 0.174. The number of anilines is 1. The van der Waals surface area contributed by atoms with Crippen LogP contribution in [-0.4, -0.2) is 36.0 Å². The SMILES string of the molecule is COc1ccc(CN(Cc2cc3cc4c(cc3[nH]c2=O)OCO4)C(=S)Nc2ccc(OC)cc2)cc1. The maximum absolute atomic E-state index is 13.0. The Bertz CT molecular complexity index is 1450. The molecule has 1 aliphatic heterocycles. The van der Waals surface area contributed by atoms with E-state index in [0.717, 1.165) is 28.1 Å². The molecular weight excluding hydrogens is 478 g/mol. The Balaban J connectivity index is 1.44. The van der Waals surface area contributed by atoms with Gasteiger partial charge in [0.05, 0.1) is 26.3 Å². The summed E-state index contributed by atoms with van der Waals surface area (Å²) in [6, 6.07) is 20.8. The second-order valence-corrected chi connectivity index (χ2v) is 8.67. The average molecular weight is 504 g/mol. The van der Waals surface area contributed by atoms with Crippen LogP contribution in [0, 0.1) is 0 Å². The van der Waals surface area contributed by atoms with Gasteiger partial charge in [-0.2, -0.15) is 0 Å². The lowest BCUT2D eigenvalue weighted by Gasteiger charge is -2.26. The zero-order valence-corrected chi connectivity index (χ0v) is 20.7. The number of rotatable bonds is 7. The summed E-state index contributed by atoms with van der Waals surface area (Å²) in [7, 11) is 3.26. The number of hydrogen-bond donors (Lipinski definition) is 2. The number of methoxy groups -OCH3 is 2. The predicted molar refractivity (Wildman–Crippen MR) is 142 cm³/mol. The van der Waals surface area contributed by atoms with Crippen molar-refractivity contribution < 1.29 is 18.9 Å². The molecular formula is C27H25N3O5S. The summed E-state index contributed by atoms with van der Waals surface area (Å²) in [4.78, 5) is 17.9. The first-order chi connectivity index (χ1) is 17.5. The van der Waals surface area contributed by atoms with Gasteiger partial charge < -0.3 is 34.1 Å². The summed E-state index contributed by atoms with van der Waals surface area (Å²) in [5, 5.41) is 4.62. The molecule has 4 aromatic rings. The number of nitrogens with zero attached hydrogens (tertiary/aromatic N) is 1. The maximum Gasteiger partial charge on any atom is 0.253 e. The molecule has 184 valence electrons. The molecule has 2 N–H and O–H groups in total. The van der Waals surface area contributed by atoms with Crippen molar-refractivity contribution in [1.29, 1.82) is 0 Å². The van der Waals surface area contributed by atoms with E-state index in [1.165, 1.54) is 0 Å². The minimum absolute atomic E-state index is 0.170. The Morgan fingerprint density at radius 1 is 0.944 bits per heavy atom. The van der Waals surface area contributed by atoms with Crippen molar-refractivity contribution >= 4 is 33.9 Å². The molecule has 1 aliphatic rings. The number of H-pyrrole nitrogens is 1. The van der Waals surface area contributed by atoms with E-state index in [1.807, 2.05) is 65.6 Å². The number of fused-ring (bicyclic) bond motifs is 2. The zero-order valence-electron chi connectivity index (χ0n) is 19.9. The molecule has 1 aromatic heterocycles. The van der Waals surface area contributed by atoms with Crippen molar-refractivity contribution in [3.63, 3.8) is 0 Å². The number of hydrogen-bond acceptors (Lipinski definition) is 6. The number of aromatic amines is 1. The molecule has 0 unspecified atom stereocenters. The fraction of sp³-hybridized carbons (Fsp3) is 0.185. The van der Waals surface area contributed by atoms with Gasteiger partial charge >= 0.3 is 0 Å². The van der Waals surface area contributed by atoms with Crippen LogP contribution in [0.3, 0.4) is 0 Å². The van der Waals surface area contributed by atoms with Gasteiger partial charge in [0.25, 0.3) is 5.56 Å². The summed E-state index contributed by atoms with van der Waals surface area (Å²) >= 11 is 5.78. The first-order valence-electron chi connectivity index (χ1n) is 11.3. The fourth-order valence-corrected chi connectivity index (χ4v) is 4.24. The highest BCUT2D eigenvalue weighted by molar-refractivity contribution is 7.80. The zero-order chi connectivity index (χ0) is 25.1. The Morgan fingerprint density at radius 2 is 1.58 bits per heavy atom. The molecule has 36 heavy (non-hydrogen) atoms. The van der Waals surface area contributed by atoms with Gasteiger partial charge in [-0.15, -0.1) is 0 Å². The van der Waals surface area contributed by atoms with Gasteiger partial charge in [0, 0.05) is 29.2 Å². The van der Waals surface area contributed by atoms with Crippen molar-refractivity contribution in [3.8, 4) is 23.0 Å². The molecule has 8 nitrogen and oxygen atoms in total. The van der Waals surface area contributed by atoms with Crippen LogP contribution in [0.15, 0.2) is 71.5 Å². The average Bonchev–Trinajstić information content (AvgIpc) is 3.35. The number of pyridine rings is 1. The Kier molecular flexibility index (Phi) is 6.64. The highest BCUT2D eigenvalue weighted by atomic mass is 32.1. The van der Waals surface area contributed by atoms with Gasteiger partial charge in [0.15, 0.2) is 16.6 Å². The standard InChI is InChI=1S/C27H25N3O5S/c1-32-21-7-3-17(4-8-21)14-30(27(36)28-20-5-9-22(33-2)10-6-20)15-19-11-18-12-24-25(35-16-34-24)13-23(18)29-26(19)31/h3-13H,14-16H2,1-2H3,(H,28,36)(H,29,31). The third kappa shape index (κ3) is 5.06. The summed E-state index contributed by atoms with van der Waals surface area (Å²) < 4.78 is 21.4. The lowest BCUT2D eigenvalue weighted by Crippen LogP contribution is -2.35. The van der Waals surface area contributed by atoms with E-state index in [0.29, 0.717) is 40.8 Å². The van der Waals surface area contributed by atoms with Crippen LogP contribution < -0.4 is 29.8 Å². The van der Waals surface area contributed by atoms with Crippen molar-refractivity contribution in [2.45, 2.75) is 13.1 Å². The van der Waals surface area contributed by atoms with E-state index in [2.05, 4.69) is 10.3 Å². The summed E-state index contributed by atoms with van der Waals surface area (Å²) in [6.45, 7) is 0.960. The van der Waals surface area contributed by atoms with Crippen LogP contribution >= 0.6 is 12.2 Å². The topological polar surface area (TPSA) is 85.1 Å². The minimum atomic E-state index is -0.187. The molecule has 0 aliphatic carbocycles. The first kappa shape index (κ1) is 23.5. The fourth-order valence-electron chi connectivity index (χ4n) is 3.99. The maximum atomic E-state index is 13.0. The highest BCUT2D eigenvalue weighted by Gasteiger charge is 2.18. The molecule has 0 atom stereocenters. The van der Waals surface area contributed by atoms with Crippen LogP contribution in [0.5, 0.6) is 23.0 Å². The monoisotopic (exact) mass is 503 g/mol. The van der Waals surface area contributed by atoms with E-state index in [4.69, 9.17) is 31.2 Å². The van der Waals surface area contributed by atoms with Gasteiger partial charge in [-0.1, -0.05) is 12.1 Å². The molecule has 0 radical (unpaired) electrons. The third-order valence-corrected chi connectivity index (χ3v) is 6.30. The third-order valence-electron chi connectivity index (χ3n) is 5.94. The van der Waals surface area contributed by atoms with E-state index < -0.39 is 0 Å². The number of nitrogens with one attached hydrogen (secondary N) is 2. The first-order valence-corrected chi connectivity index (χ1v) is 11.7. The second kappa shape index (κ2) is 10.2. The molecule has 0 spiro atoms. The minimum Gasteiger partial charge on any atom is -0.497 e. The molecule has 0 amide bonds. The summed E-state index contributed by atoms with van der Waals surface area (Å²) in [5.41, 5.74) is 2.92. The highest BCUT2D eigenvalue weighted by Crippen LogP contribution is 2.35. The predicted octanol–water partition coefficient (Wildman–Crippen LogP) is 4.67. The van der Waals surface area contributed by atoms with Crippen LogP contribution in [-0.2, 0) is 13.1 Å². The van der Waals surface area contributed by atoms with Crippen molar-refractivity contribution in [3.05, 3.63) is 88.2 Å². The Labute approximate surface area is 213 Å². The molecule has 3 aromatic carbocycles. The van der Waals surface area contributed by atoms with E-state index in [9.17, 15) is 4.79 Å². The van der Waals surface area contributed by atoms with Crippen molar-refractivity contribution in [2.75, 3.05) is 26.3 Å². The van der Waals surface area contributed by atoms with Crippen LogP contribution in [0.1, 0.15) is 11.1 Å². The van der Waals surface area contributed by atoms with E-state index in [1.54, 1.807) is 20.3 Å². The van der Waals surface area contributed by atoms with E-state index >= 15 is 0 Å². The second-order valence-electron chi connectivity index (χ2n) is 8.28. The molecule has 9 heteroatoms. The summed E-state index contributed by atoms with van der Waals surface area (Å²) in [6.07, 6.45) is 0. The van der Waals surface area contributed by atoms with Crippen LogP contribution in [0.4, 0.5) is 5.69 Å². The Morgan fingerprint density at radius 3 is 2.25 bits per heavy atom. The number of aromatic nitrogens is 1. The molecule has 5 rings (SSSR count). The van der Waals surface area contributed by atoms with E-state index in [-0.39, 0.29) is 12.4 Å². The molecule has 0 bridgehead atoms. The molecule has 0 fully saturated rings. The number of ether oxygens (including phenoxy) is 4. The van der Waals surface area contributed by atoms with Crippen molar-refractivity contribution in [2.24, 2.45) is 0 Å².